The second-order valence-electron chi connectivity index (χ2n) is 9.10. The summed E-state index contributed by atoms with van der Waals surface area (Å²) in [6, 6.07) is 1.34. The van der Waals surface area contributed by atoms with Gasteiger partial charge in [0.15, 0.2) is 0 Å². The minimum Gasteiger partial charge on any atom is -0.508 e. The third kappa shape index (κ3) is 11.0. The van der Waals surface area contributed by atoms with E-state index in [1.807, 2.05) is 13.8 Å². The van der Waals surface area contributed by atoms with Crippen molar-refractivity contribution in [1.82, 2.24) is 16.0 Å². The Morgan fingerprint density at radius 3 is 1.97 bits per heavy atom. The van der Waals surface area contributed by atoms with Crippen LogP contribution in [0, 0.1) is 5.92 Å². The van der Waals surface area contributed by atoms with Gasteiger partial charge >= 0.3 is 5.97 Å². The Labute approximate surface area is 210 Å². The monoisotopic (exact) mass is 509 g/mol. The van der Waals surface area contributed by atoms with E-state index in [0.717, 1.165) is 0 Å². The predicted octanol–water partition coefficient (Wildman–Crippen LogP) is -1.03. The van der Waals surface area contributed by atoms with Crippen molar-refractivity contribution in [1.29, 1.82) is 0 Å². The molecule has 12 heteroatoms. The summed E-state index contributed by atoms with van der Waals surface area (Å²) in [5.74, 6) is -3.28. The first-order chi connectivity index (χ1) is 17.0. The lowest BCUT2D eigenvalue weighted by atomic mass is 10.0. The second-order valence-corrected chi connectivity index (χ2v) is 9.10. The number of amides is 3. The van der Waals surface area contributed by atoms with Gasteiger partial charge in [-0.15, -0.1) is 0 Å². The number of carbonyl (C=O) groups is 4. The highest BCUT2D eigenvalue weighted by molar-refractivity contribution is 5.94. The zero-order valence-electron chi connectivity index (χ0n) is 20.8. The van der Waals surface area contributed by atoms with Crippen molar-refractivity contribution in [3.05, 3.63) is 29.8 Å². The molecule has 0 aromatic heterocycles. The fourth-order valence-corrected chi connectivity index (χ4v) is 3.46. The molecule has 0 aliphatic carbocycles. The molecule has 0 saturated heterocycles. The number of carboxylic acid groups (broad SMARTS) is 1. The molecule has 1 aromatic carbocycles. The molecule has 3 amide bonds. The van der Waals surface area contributed by atoms with Crippen LogP contribution in [0.5, 0.6) is 5.75 Å². The van der Waals surface area contributed by atoms with E-state index in [-0.39, 0.29) is 24.5 Å². The van der Waals surface area contributed by atoms with Gasteiger partial charge in [-0.2, -0.15) is 0 Å². The maximum Gasteiger partial charge on any atom is 0.326 e. The van der Waals surface area contributed by atoms with Crippen LogP contribution in [-0.4, -0.2) is 76.3 Å². The van der Waals surface area contributed by atoms with Crippen molar-refractivity contribution in [3.63, 3.8) is 0 Å². The van der Waals surface area contributed by atoms with Crippen LogP contribution >= 0.6 is 0 Å². The van der Waals surface area contributed by atoms with Gasteiger partial charge in [0.2, 0.25) is 17.7 Å². The largest absolute Gasteiger partial charge is 0.508 e. The number of nitrogens with two attached hydrogens (primary N) is 2. The van der Waals surface area contributed by atoms with Gasteiger partial charge in [-0.05, 0) is 55.8 Å². The van der Waals surface area contributed by atoms with Crippen LogP contribution in [0.25, 0.3) is 0 Å². The van der Waals surface area contributed by atoms with Crippen LogP contribution in [0.3, 0.4) is 0 Å². The van der Waals surface area contributed by atoms with Gasteiger partial charge in [0.05, 0.1) is 12.6 Å². The zero-order chi connectivity index (χ0) is 27.3. The molecule has 4 unspecified atom stereocenters. The first kappa shape index (κ1) is 30.8. The van der Waals surface area contributed by atoms with Crippen LogP contribution in [0.15, 0.2) is 24.3 Å². The molecule has 0 heterocycles. The fourth-order valence-electron chi connectivity index (χ4n) is 3.46. The third-order valence-corrected chi connectivity index (χ3v) is 5.45. The van der Waals surface area contributed by atoms with Crippen molar-refractivity contribution in [2.45, 2.75) is 70.1 Å². The summed E-state index contributed by atoms with van der Waals surface area (Å²) in [5.41, 5.74) is 12.0. The Morgan fingerprint density at radius 2 is 1.44 bits per heavy atom. The number of carbonyl (C=O) groups excluding carboxylic acids is 3. The number of unbranched alkanes of at least 4 members (excludes halogenated alkanes) is 1. The molecule has 202 valence electrons. The van der Waals surface area contributed by atoms with E-state index in [9.17, 15) is 34.5 Å². The van der Waals surface area contributed by atoms with E-state index < -0.39 is 54.5 Å². The smallest absolute Gasteiger partial charge is 0.326 e. The molecule has 1 aromatic rings. The summed E-state index contributed by atoms with van der Waals surface area (Å²) in [6.45, 7) is 3.39. The normalized spacial score (nSPS) is 14.4. The molecular formula is C24H39N5O7. The SMILES string of the molecule is CC(C)CC(N)C(=O)NC(Cc1ccc(O)cc1)C(=O)NC(CO)C(=O)NC(CCCCN)C(=O)O. The molecule has 0 fully saturated rings. The molecule has 36 heavy (non-hydrogen) atoms. The van der Waals surface area contributed by atoms with Crippen molar-refractivity contribution < 1.29 is 34.5 Å². The van der Waals surface area contributed by atoms with E-state index in [2.05, 4.69) is 16.0 Å². The van der Waals surface area contributed by atoms with Gasteiger partial charge in [-0.1, -0.05) is 26.0 Å². The topological polar surface area (TPSA) is 217 Å². The Balaban J connectivity index is 2.98. The molecule has 0 saturated carbocycles. The van der Waals surface area contributed by atoms with E-state index in [1.54, 1.807) is 12.1 Å². The maximum absolute atomic E-state index is 13.1. The average molecular weight is 510 g/mol. The summed E-state index contributed by atoms with van der Waals surface area (Å²) in [6.07, 6.45) is 1.60. The number of hydrogen-bond donors (Lipinski definition) is 8. The summed E-state index contributed by atoms with van der Waals surface area (Å²) in [4.78, 5) is 49.8. The molecule has 10 N–H and O–H groups in total. The van der Waals surface area contributed by atoms with Gasteiger partial charge in [-0.3, -0.25) is 14.4 Å². The Kier molecular flexibility index (Phi) is 13.4. The van der Waals surface area contributed by atoms with Gasteiger partial charge in [0, 0.05) is 6.42 Å². The summed E-state index contributed by atoms with van der Waals surface area (Å²) < 4.78 is 0. The quantitative estimate of drug-likeness (QED) is 0.128. The average Bonchev–Trinajstić information content (AvgIpc) is 2.81. The van der Waals surface area contributed by atoms with Crippen LogP contribution in [0.4, 0.5) is 0 Å². The van der Waals surface area contributed by atoms with E-state index in [0.29, 0.717) is 31.4 Å². The highest BCUT2D eigenvalue weighted by atomic mass is 16.4. The van der Waals surface area contributed by atoms with Gasteiger partial charge in [-0.25, -0.2) is 4.79 Å². The molecule has 0 aliphatic rings. The summed E-state index contributed by atoms with van der Waals surface area (Å²) in [7, 11) is 0. The number of rotatable bonds is 16. The van der Waals surface area contributed by atoms with Crippen LogP contribution in [0.2, 0.25) is 0 Å². The number of phenolic OH excluding ortho intramolecular Hbond substituents is 1. The van der Waals surface area contributed by atoms with Gasteiger partial charge < -0.3 is 42.7 Å². The van der Waals surface area contributed by atoms with Crippen LogP contribution in [-0.2, 0) is 25.6 Å². The number of benzene rings is 1. The molecule has 4 atom stereocenters. The molecule has 0 spiro atoms. The highest BCUT2D eigenvalue weighted by Crippen LogP contribution is 2.12. The van der Waals surface area contributed by atoms with Crippen molar-refractivity contribution >= 4 is 23.7 Å². The van der Waals surface area contributed by atoms with Crippen molar-refractivity contribution in [3.8, 4) is 5.75 Å². The number of hydrogen-bond acceptors (Lipinski definition) is 8. The number of nitrogens with one attached hydrogen (secondary N) is 3. The Hall–Kier alpha value is -3.22. The lowest BCUT2D eigenvalue weighted by Crippen LogP contribution is -2.58. The number of carboxylic acids is 1. The third-order valence-electron chi connectivity index (χ3n) is 5.45. The number of aliphatic hydroxyl groups excluding tert-OH is 1. The molecule has 1 rings (SSSR count). The molecule has 12 nitrogen and oxygen atoms in total. The van der Waals surface area contributed by atoms with E-state index in [1.165, 1.54) is 12.1 Å². The van der Waals surface area contributed by atoms with Crippen molar-refractivity contribution in [2.24, 2.45) is 17.4 Å². The van der Waals surface area contributed by atoms with Gasteiger partial charge in [0.1, 0.15) is 23.9 Å². The van der Waals surface area contributed by atoms with Gasteiger partial charge in [0.25, 0.3) is 0 Å². The first-order valence-corrected chi connectivity index (χ1v) is 12.0. The van der Waals surface area contributed by atoms with Crippen molar-refractivity contribution in [2.75, 3.05) is 13.2 Å². The standard InChI is InChI=1S/C24H39N5O7/c1-14(2)11-17(26)21(32)28-19(12-15-6-8-16(31)9-7-15)22(33)29-20(13-30)23(34)27-18(24(35)36)5-3-4-10-25/h6-9,14,17-20,30-31H,3-5,10-13,25-26H2,1-2H3,(H,27,34)(H,28,32)(H,29,33)(H,35,36). The maximum atomic E-state index is 13.1. The number of phenols is 1. The second kappa shape index (κ2) is 15.7. The number of aliphatic hydroxyl groups is 1. The lowest BCUT2D eigenvalue weighted by Gasteiger charge is -2.25. The predicted molar refractivity (Wildman–Crippen MR) is 133 cm³/mol. The molecular weight excluding hydrogens is 470 g/mol. The zero-order valence-corrected chi connectivity index (χ0v) is 20.8. The van der Waals surface area contributed by atoms with Crippen LogP contribution < -0.4 is 27.4 Å². The fraction of sp³-hybridized carbons (Fsp3) is 0.583. The lowest BCUT2D eigenvalue weighted by molar-refractivity contribution is -0.142. The number of aliphatic carboxylic acids is 1. The van der Waals surface area contributed by atoms with E-state index in [4.69, 9.17) is 11.5 Å². The summed E-state index contributed by atoms with van der Waals surface area (Å²) >= 11 is 0. The summed E-state index contributed by atoms with van der Waals surface area (Å²) in [5, 5.41) is 35.9. The van der Waals surface area contributed by atoms with E-state index >= 15 is 0 Å². The molecule has 0 radical (unpaired) electrons. The Bertz CT molecular complexity index is 863. The number of aromatic hydroxyl groups is 1. The minimum atomic E-state index is -1.45. The minimum absolute atomic E-state index is 0.0167. The van der Waals surface area contributed by atoms with Crippen LogP contribution in [0.1, 0.15) is 45.1 Å². The molecule has 0 aliphatic heterocycles. The first-order valence-electron chi connectivity index (χ1n) is 12.0. The Morgan fingerprint density at radius 1 is 0.889 bits per heavy atom. The highest BCUT2D eigenvalue weighted by Gasteiger charge is 2.30. The molecule has 0 bridgehead atoms.